The molecule has 1 fully saturated rings. The van der Waals surface area contributed by atoms with Crippen LogP contribution in [0.25, 0.3) is 0 Å². The van der Waals surface area contributed by atoms with Gasteiger partial charge in [-0.05, 0) is 81.3 Å². The maximum absolute atomic E-state index is 13.0. The van der Waals surface area contributed by atoms with Gasteiger partial charge in [0.25, 0.3) is 0 Å². The maximum atomic E-state index is 13.0. The quantitative estimate of drug-likeness (QED) is 0.329. The summed E-state index contributed by atoms with van der Waals surface area (Å²) < 4.78 is 17.7. The molecule has 2 atom stereocenters. The van der Waals surface area contributed by atoms with Crippen LogP contribution in [0, 0.1) is 0 Å². The van der Waals surface area contributed by atoms with Crippen molar-refractivity contribution in [3.05, 3.63) is 82.8 Å². The van der Waals surface area contributed by atoms with Gasteiger partial charge in [-0.25, -0.2) is 4.79 Å². The number of carbonyl (C=O) groups excluding carboxylic acids is 3. The van der Waals surface area contributed by atoms with Crippen LogP contribution in [0.1, 0.15) is 38.8 Å². The first-order chi connectivity index (χ1) is 19.0. The van der Waals surface area contributed by atoms with Gasteiger partial charge in [0.1, 0.15) is 11.4 Å². The highest BCUT2D eigenvalue weighted by atomic mass is 79.9. The summed E-state index contributed by atoms with van der Waals surface area (Å²) in [5.74, 6) is 0.0871. The number of rotatable bonds is 6. The van der Waals surface area contributed by atoms with Crippen LogP contribution in [0.4, 0.5) is 10.5 Å². The number of halogens is 1. The first kappa shape index (κ1) is 28.9. The highest BCUT2D eigenvalue weighted by molar-refractivity contribution is 9.10. The van der Waals surface area contributed by atoms with Gasteiger partial charge in [0.05, 0.1) is 13.2 Å². The van der Waals surface area contributed by atoms with Gasteiger partial charge in [0.15, 0.2) is 11.5 Å². The molecule has 1 saturated heterocycles. The largest absolute Gasteiger partial charge is 0.493 e. The van der Waals surface area contributed by atoms with E-state index in [9.17, 15) is 14.4 Å². The Hall–Kier alpha value is -4.05. The van der Waals surface area contributed by atoms with Crippen LogP contribution >= 0.6 is 15.9 Å². The average molecular weight is 611 g/mol. The molecule has 40 heavy (non-hydrogen) atoms. The van der Waals surface area contributed by atoms with Gasteiger partial charge >= 0.3 is 17.9 Å². The highest BCUT2D eigenvalue weighted by Gasteiger charge is 2.39. The fourth-order valence-corrected chi connectivity index (χ4v) is 4.60. The molecule has 3 aromatic rings. The molecule has 0 saturated carbocycles. The van der Waals surface area contributed by atoms with Crippen LogP contribution < -0.4 is 20.1 Å². The molecule has 10 heteroatoms. The Bertz CT molecular complexity index is 1360. The molecule has 2 N–H and O–H groups in total. The summed E-state index contributed by atoms with van der Waals surface area (Å²) in [5.41, 5.74) is 0.670. The first-order valence-corrected chi connectivity index (χ1v) is 13.6. The molecule has 0 bridgehead atoms. The average Bonchev–Trinajstić information content (AvgIpc) is 3.33. The lowest BCUT2D eigenvalue weighted by molar-refractivity contribution is -0.136. The van der Waals surface area contributed by atoms with Gasteiger partial charge in [-0.1, -0.05) is 40.2 Å². The highest BCUT2D eigenvalue weighted by Crippen LogP contribution is 2.34. The molecule has 0 spiro atoms. The number of ether oxygens (including phenoxy) is 3. The first-order valence-electron chi connectivity index (χ1n) is 12.8. The third-order valence-corrected chi connectivity index (χ3v) is 6.66. The Morgan fingerprint density at radius 3 is 2.17 bits per heavy atom. The van der Waals surface area contributed by atoms with E-state index in [0.717, 1.165) is 10.0 Å². The van der Waals surface area contributed by atoms with Gasteiger partial charge in [-0.15, -0.1) is 0 Å². The van der Waals surface area contributed by atoms with Crippen molar-refractivity contribution in [1.29, 1.82) is 0 Å². The van der Waals surface area contributed by atoms with Crippen LogP contribution in [-0.2, 0) is 14.3 Å². The molecule has 4 rings (SSSR count). The van der Waals surface area contributed by atoms with Crippen LogP contribution in [0.5, 0.6) is 17.2 Å². The lowest BCUT2D eigenvalue weighted by Gasteiger charge is -2.28. The minimum absolute atomic E-state index is 0.212. The molecule has 1 heterocycles. The Morgan fingerprint density at radius 2 is 1.55 bits per heavy atom. The molecule has 1 aliphatic rings. The van der Waals surface area contributed by atoms with E-state index in [1.165, 1.54) is 0 Å². The summed E-state index contributed by atoms with van der Waals surface area (Å²) in [6.45, 7) is 5.62. The zero-order chi connectivity index (χ0) is 28.9. The monoisotopic (exact) mass is 609 g/mol. The smallest absolute Gasteiger partial charge is 0.410 e. The molecule has 0 aromatic heterocycles. The van der Waals surface area contributed by atoms with Crippen molar-refractivity contribution in [2.24, 2.45) is 0 Å². The summed E-state index contributed by atoms with van der Waals surface area (Å²) in [5, 5.41) is 5.37. The van der Waals surface area contributed by atoms with Crippen molar-refractivity contribution >= 4 is 39.5 Å². The normalized spacial score (nSPS) is 16.7. The van der Waals surface area contributed by atoms with Gasteiger partial charge < -0.3 is 24.8 Å². The molecule has 3 amide bonds. The zero-order valence-electron chi connectivity index (χ0n) is 22.8. The van der Waals surface area contributed by atoms with E-state index in [1.54, 1.807) is 69.2 Å². The van der Waals surface area contributed by atoms with Crippen LogP contribution in [0.3, 0.4) is 0 Å². The molecule has 0 aliphatic carbocycles. The Morgan fingerprint density at radius 1 is 0.900 bits per heavy atom. The van der Waals surface area contributed by atoms with Gasteiger partial charge in [0.2, 0.25) is 0 Å². The van der Waals surface area contributed by atoms with E-state index < -0.39 is 29.6 Å². The predicted octanol–water partition coefficient (Wildman–Crippen LogP) is 6.06. The van der Waals surface area contributed by atoms with Crippen molar-refractivity contribution < 1.29 is 28.6 Å². The van der Waals surface area contributed by atoms with Crippen molar-refractivity contribution in [3.63, 3.8) is 0 Å². The van der Waals surface area contributed by atoms with E-state index in [4.69, 9.17) is 14.2 Å². The molecule has 1 aliphatic heterocycles. The Labute approximate surface area is 241 Å². The minimum Gasteiger partial charge on any atom is -0.493 e. The fourth-order valence-electron chi connectivity index (χ4n) is 4.34. The van der Waals surface area contributed by atoms with Crippen molar-refractivity contribution in [3.8, 4) is 17.2 Å². The lowest BCUT2D eigenvalue weighted by Crippen LogP contribution is -2.44. The molecule has 9 nitrogen and oxygen atoms in total. The summed E-state index contributed by atoms with van der Waals surface area (Å²) in [7, 11) is 1.56. The second-order valence-electron chi connectivity index (χ2n) is 10.3. The van der Waals surface area contributed by atoms with Crippen molar-refractivity contribution in [1.82, 2.24) is 10.2 Å². The standard InChI is InChI=1S/C30H32BrN3O6/c1-30(2,3)40-29(37)34-18-22(17-24(34)19-9-11-20(31)12-10-19)33-28(36)27(35)32-21-13-15-23(16-14-21)39-26-8-6-5-7-25(26)38-4/h5-16,22,24H,17-18H2,1-4H3,(H,32,35)(H,33,36). The van der Waals surface area contributed by atoms with Crippen LogP contribution in [0.15, 0.2) is 77.3 Å². The number of para-hydroxylation sites is 2. The number of methoxy groups -OCH3 is 1. The minimum atomic E-state index is -0.811. The maximum Gasteiger partial charge on any atom is 0.410 e. The third kappa shape index (κ3) is 7.53. The van der Waals surface area contributed by atoms with E-state index >= 15 is 0 Å². The lowest BCUT2D eigenvalue weighted by atomic mass is 10.0. The topological polar surface area (TPSA) is 106 Å². The fraction of sp³-hybridized carbons (Fsp3) is 0.300. The van der Waals surface area contributed by atoms with Gasteiger partial charge in [0, 0.05) is 22.7 Å². The third-order valence-electron chi connectivity index (χ3n) is 6.13. The molecule has 0 radical (unpaired) electrons. The summed E-state index contributed by atoms with van der Waals surface area (Å²) >= 11 is 3.43. The Balaban J connectivity index is 1.38. The Kier molecular flexibility index (Phi) is 8.99. The predicted molar refractivity (Wildman–Crippen MR) is 155 cm³/mol. The second kappa shape index (κ2) is 12.4. The van der Waals surface area contributed by atoms with E-state index in [-0.39, 0.29) is 12.6 Å². The number of amides is 3. The number of carbonyl (C=O) groups is 3. The molecular weight excluding hydrogens is 578 g/mol. The van der Waals surface area contributed by atoms with Crippen molar-refractivity contribution in [2.75, 3.05) is 19.0 Å². The number of hydrogen-bond acceptors (Lipinski definition) is 6. The number of anilines is 1. The number of nitrogens with zero attached hydrogens (tertiary/aromatic N) is 1. The zero-order valence-corrected chi connectivity index (χ0v) is 24.4. The van der Waals surface area contributed by atoms with E-state index in [1.807, 2.05) is 36.4 Å². The summed E-state index contributed by atoms with van der Waals surface area (Å²) in [6, 6.07) is 20.8. The van der Waals surface area contributed by atoms with Crippen LogP contribution in [-0.4, -0.2) is 48.1 Å². The number of hydrogen-bond donors (Lipinski definition) is 2. The molecular formula is C30H32BrN3O6. The molecule has 3 aromatic carbocycles. The van der Waals surface area contributed by atoms with E-state index in [2.05, 4.69) is 26.6 Å². The van der Waals surface area contributed by atoms with Crippen molar-refractivity contribution in [2.45, 2.75) is 44.9 Å². The number of likely N-dealkylation sites (tertiary alicyclic amines) is 1. The number of benzene rings is 3. The second-order valence-corrected chi connectivity index (χ2v) is 11.3. The van der Waals surface area contributed by atoms with Crippen LogP contribution in [0.2, 0.25) is 0 Å². The number of nitrogens with one attached hydrogen (secondary N) is 2. The molecule has 210 valence electrons. The summed E-state index contributed by atoms with van der Waals surface area (Å²) in [6.07, 6.45) is -0.0356. The van der Waals surface area contributed by atoms with Gasteiger partial charge in [-0.2, -0.15) is 0 Å². The SMILES string of the molecule is COc1ccccc1Oc1ccc(NC(=O)C(=O)NC2CC(c3ccc(Br)cc3)N(C(=O)OC(C)(C)C)C2)cc1. The molecule has 2 unspecified atom stereocenters. The van der Waals surface area contributed by atoms with Gasteiger partial charge in [-0.3, -0.25) is 14.5 Å². The van der Waals surface area contributed by atoms with E-state index in [0.29, 0.717) is 29.4 Å². The summed E-state index contributed by atoms with van der Waals surface area (Å²) in [4.78, 5) is 40.0.